The number of nitrogens with zero attached hydrogens (tertiary/aromatic N) is 1. The van der Waals surface area contributed by atoms with Gasteiger partial charge in [0, 0.05) is 36.3 Å². The van der Waals surface area contributed by atoms with E-state index in [0.29, 0.717) is 18.3 Å². The van der Waals surface area contributed by atoms with Crippen molar-refractivity contribution < 1.29 is 18.3 Å². The van der Waals surface area contributed by atoms with Crippen LogP contribution in [-0.4, -0.2) is 57.0 Å². The Morgan fingerprint density at radius 1 is 1.21 bits per heavy atom. The molecule has 1 fully saturated rings. The Hall–Kier alpha value is -1.60. The fourth-order valence-corrected chi connectivity index (χ4v) is 4.48. The van der Waals surface area contributed by atoms with E-state index in [-0.39, 0.29) is 17.5 Å². The van der Waals surface area contributed by atoms with E-state index in [2.05, 4.69) is 11.0 Å². The lowest BCUT2D eigenvalue weighted by atomic mass is 10.1. The van der Waals surface area contributed by atoms with Crippen LogP contribution in [-0.2, 0) is 16.3 Å². The number of hydrogen-bond donors (Lipinski definition) is 1. The number of ether oxygens (including phenoxy) is 1. The van der Waals surface area contributed by atoms with Crippen LogP contribution in [0, 0.1) is 5.92 Å². The minimum Gasteiger partial charge on any atom is -0.493 e. The third-order valence-corrected chi connectivity index (χ3v) is 6.50. The van der Waals surface area contributed by atoms with Crippen LogP contribution >= 0.6 is 11.6 Å². The molecule has 0 bridgehead atoms. The molecule has 1 saturated heterocycles. The van der Waals surface area contributed by atoms with Gasteiger partial charge in [0.2, 0.25) is 0 Å². The Kier molecular flexibility index (Phi) is 6.99. The predicted molar refractivity (Wildman–Crippen MR) is 111 cm³/mol. The van der Waals surface area contributed by atoms with Crippen LogP contribution in [0.3, 0.4) is 0 Å². The molecule has 3 rings (SSSR count). The molecule has 0 saturated carbocycles. The van der Waals surface area contributed by atoms with Crippen LogP contribution in [0.15, 0.2) is 53.4 Å². The van der Waals surface area contributed by atoms with E-state index in [1.807, 2.05) is 18.2 Å². The van der Waals surface area contributed by atoms with Gasteiger partial charge in [-0.2, -0.15) is 0 Å². The molecule has 1 aliphatic rings. The zero-order valence-electron chi connectivity index (χ0n) is 15.9. The third-order valence-electron chi connectivity index (χ3n) is 5.14. The summed E-state index contributed by atoms with van der Waals surface area (Å²) in [6.45, 7) is 2.41. The second-order valence-corrected chi connectivity index (χ2v) is 9.82. The molecule has 2 atom stereocenters. The van der Waals surface area contributed by atoms with E-state index in [0.717, 1.165) is 31.0 Å². The van der Waals surface area contributed by atoms with Gasteiger partial charge in [0.25, 0.3) is 0 Å². The molecule has 2 aromatic rings. The molecule has 2 aromatic carbocycles. The van der Waals surface area contributed by atoms with Gasteiger partial charge < -0.3 is 9.84 Å². The molecule has 5 nitrogen and oxygen atoms in total. The van der Waals surface area contributed by atoms with E-state index < -0.39 is 9.84 Å². The van der Waals surface area contributed by atoms with Crippen molar-refractivity contribution in [3.63, 3.8) is 0 Å². The molecule has 0 aromatic heterocycles. The second-order valence-electron chi connectivity index (χ2n) is 7.37. The van der Waals surface area contributed by atoms with Crippen molar-refractivity contribution in [3.8, 4) is 5.75 Å². The minimum atomic E-state index is -3.20. The molecule has 0 radical (unpaired) electrons. The summed E-state index contributed by atoms with van der Waals surface area (Å²) >= 11 is 6.05. The van der Waals surface area contributed by atoms with Crippen LogP contribution in [0.2, 0.25) is 5.02 Å². The zero-order chi connectivity index (χ0) is 20.1. The van der Waals surface area contributed by atoms with Crippen LogP contribution in [0.25, 0.3) is 0 Å². The summed E-state index contributed by atoms with van der Waals surface area (Å²) in [5, 5.41) is 10.5. The van der Waals surface area contributed by atoms with Crippen molar-refractivity contribution >= 4 is 21.4 Å². The van der Waals surface area contributed by atoms with E-state index in [9.17, 15) is 13.5 Å². The van der Waals surface area contributed by atoms with Gasteiger partial charge in [0.05, 0.1) is 18.1 Å². The monoisotopic (exact) mass is 423 g/mol. The number of hydrogen-bond acceptors (Lipinski definition) is 5. The van der Waals surface area contributed by atoms with Gasteiger partial charge in [-0.3, -0.25) is 4.90 Å². The van der Waals surface area contributed by atoms with Crippen molar-refractivity contribution in [3.05, 3.63) is 59.1 Å². The van der Waals surface area contributed by atoms with Gasteiger partial charge in [-0.05, 0) is 54.8 Å². The number of likely N-dealkylation sites (tertiary alicyclic amines) is 1. The number of rotatable bonds is 8. The summed E-state index contributed by atoms with van der Waals surface area (Å²) in [6, 6.07) is 14.5. The SMILES string of the molecule is CS(=O)(=O)c1ccc(OC[C@H]2C[C@@H](CO)N(CCc3cccc(Cl)c3)C2)cc1. The summed E-state index contributed by atoms with van der Waals surface area (Å²) < 4.78 is 28.9. The van der Waals surface area contributed by atoms with Crippen LogP contribution < -0.4 is 4.74 Å². The maximum Gasteiger partial charge on any atom is 0.175 e. The largest absolute Gasteiger partial charge is 0.493 e. The smallest absolute Gasteiger partial charge is 0.175 e. The molecular formula is C21H26ClNO4S. The van der Waals surface area contributed by atoms with Gasteiger partial charge in [-0.25, -0.2) is 8.42 Å². The number of halogens is 1. The van der Waals surface area contributed by atoms with Gasteiger partial charge in [-0.1, -0.05) is 23.7 Å². The highest BCUT2D eigenvalue weighted by atomic mass is 35.5. The Morgan fingerprint density at radius 3 is 2.61 bits per heavy atom. The third kappa shape index (κ3) is 5.70. The van der Waals surface area contributed by atoms with Crippen LogP contribution in [0.4, 0.5) is 0 Å². The quantitative estimate of drug-likeness (QED) is 0.706. The molecule has 0 unspecified atom stereocenters. The first-order valence-corrected chi connectivity index (χ1v) is 11.6. The molecule has 0 spiro atoms. The van der Waals surface area contributed by atoms with E-state index in [4.69, 9.17) is 16.3 Å². The molecule has 7 heteroatoms. The van der Waals surface area contributed by atoms with Crippen LogP contribution in [0.1, 0.15) is 12.0 Å². The number of benzene rings is 2. The molecule has 1 heterocycles. The topological polar surface area (TPSA) is 66.8 Å². The Morgan fingerprint density at radius 2 is 1.96 bits per heavy atom. The predicted octanol–water partition coefficient (Wildman–Crippen LogP) is 3.05. The summed E-state index contributed by atoms with van der Waals surface area (Å²) in [5.74, 6) is 0.983. The Bertz CT molecular complexity index is 886. The number of sulfone groups is 1. The molecule has 0 aliphatic carbocycles. The number of aliphatic hydroxyl groups excluding tert-OH is 1. The second kappa shape index (κ2) is 9.27. The summed E-state index contributed by atoms with van der Waals surface area (Å²) in [4.78, 5) is 2.59. The lowest BCUT2D eigenvalue weighted by molar-refractivity contribution is 0.159. The average Bonchev–Trinajstić information content (AvgIpc) is 3.07. The maximum atomic E-state index is 11.5. The molecular weight excluding hydrogens is 398 g/mol. The molecule has 1 N–H and O–H groups in total. The van der Waals surface area contributed by atoms with Crippen molar-refractivity contribution in [2.24, 2.45) is 5.92 Å². The highest BCUT2D eigenvalue weighted by molar-refractivity contribution is 7.90. The number of aliphatic hydroxyl groups is 1. The standard InChI is InChI=1S/C21H26ClNO4S/c1-28(25,26)21-7-5-20(6-8-21)27-15-17-12-19(14-24)23(13-17)10-9-16-3-2-4-18(22)11-16/h2-8,11,17,19,24H,9-10,12-15H2,1H3/t17-,19-/m0/s1. The van der Waals surface area contributed by atoms with Gasteiger partial charge in [0.15, 0.2) is 9.84 Å². The van der Waals surface area contributed by atoms with Gasteiger partial charge >= 0.3 is 0 Å². The molecule has 152 valence electrons. The van der Waals surface area contributed by atoms with E-state index in [1.165, 1.54) is 11.8 Å². The summed E-state index contributed by atoms with van der Waals surface area (Å²) in [5.41, 5.74) is 1.19. The van der Waals surface area contributed by atoms with Crippen molar-refractivity contribution in [1.82, 2.24) is 4.90 Å². The zero-order valence-corrected chi connectivity index (χ0v) is 17.5. The summed E-state index contributed by atoms with van der Waals surface area (Å²) in [7, 11) is -3.20. The fourth-order valence-electron chi connectivity index (χ4n) is 3.64. The summed E-state index contributed by atoms with van der Waals surface area (Å²) in [6.07, 6.45) is 2.96. The highest BCUT2D eigenvalue weighted by Gasteiger charge is 2.31. The average molecular weight is 424 g/mol. The normalized spacial score (nSPS) is 20.4. The van der Waals surface area contributed by atoms with Crippen molar-refractivity contribution in [1.29, 1.82) is 0 Å². The first-order valence-electron chi connectivity index (χ1n) is 9.37. The molecule has 1 aliphatic heterocycles. The first kappa shape index (κ1) is 21.1. The fraction of sp³-hybridized carbons (Fsp3) is 0.429. The van der Waals surface area contributed by atoms with Crippen molar-refractivity contribution in [2.75, 3.05) is 32.6 Å². The molecule has 28 heavy (non-hydrogen) atoms. The highest BCUT2D eigenvalue weighted by Crippen LogP contribution is 2.25. The van der Waals surface area contributed by atoms with Gasteiger partial charge in [0.1, 0.15) is 5.75 Å². The van der Waals surface area contributed by atoms with Crippen LogP contribution in [0.5, 0.6) is 5.75 Å². The Labute approximate surface area is 171 Å². The molecule has 0 amide bonds. The van der Waals surface area contributed by atoms with Crippen molar-refractivity contribution in [2.45, 2.75) is 23.8 Å². The van der Waals surface area contributed by atoms with E-state index >= 15 is 0 Å². The first-order chi connectivity index (χ1) is 13.3. The maximum absolute atomic E-state index is 11.5. The minimum absolute atomic E-state index is 0.134. The lowest BCUT2D eigenvalue weighted by Crippen LogP contribution is -2.34. The van der Waals surface area contributed by atoms with Gasteiger partial charge in [-0.15, -0.1) is 0 Å². The lowest BCUT2D eigenvalue weighted by Gasteiger charge is -2.22. The van der Waals surface area contributed by atoms with E-state index in [1.54, 1.807) is 24.3 Å². The Balaban J connectivity index is 1.51.